The quantitative estimate of drug-likeness (QED) is 0.570. The van der Waals surface area contributed by atoms with Crippen molar-refractivity contribution in [2.24, 2.45) is 0 Å². The maximum atomic E-state index is 13.4. The molecule has 7 nitrogen and oxygen atoms in total. The molecule has 9 heteroatoms. The molecule has 0 saturated heterocycles. The van der Waals surface area contributed by atoms with E-state index in [4.69, 9.17) is 0 Å². The molecule has 4 rings (SSSR count). The molecular weight excluding hydrogens is 381 g/mol. The lowest BCUT2D eigenvalue weighted by atomic mass is 10.1. The number of aromatic nitrogens is 4. The molecule has 2 aromatic carbocycles. The summed E-state index contributed by atoms with van der Waals surface area (Å²) in [5.74, 6) is 0.229. The van der Waals surface area contributed by atoms with Crippen LogP contribution >= 0.6 is 0 Å². The molecular formula is C19H16FN5O2S. The van der Waals surface area contributed by atoms with Crippen LogP contribution in [0.1, 0.15) is 11.4 Å². The molecule has 0 aliphatic rings. The first-order chi connectivity index (χ1) is 13.3. The number of aryl methyl sites for hydroxylation is 2. The monoisotopic (exact) mass is 397 g/mol. The van der Waals surface area contributed by atoms with E-state index < -0.39 is 15.8 Å². The van der Waals surface area contributed by atoms with E-state index in [-0.39, 0.29) is 10.5 Å². The number of halogens is 1. The molecule has 4 aromatic rings. The van der Waals surface area contributed by atoms with Gasteiger partial charge in [0.25, 0.3) is 10.0 Å². The number of rotatable bonds is 4. The Morgan fingerprint density at radius 3 is 2.43 bits per heavy atom. The Labute approximate surface area is 160 Å². The summed E-state index contributed by atoms with van der Waals surface area (Å²) in [4.78, 5) is 0.00526. The number of hydrogen-bond acceptors (Lipinski definition) is 5. The predicted octanol–water partition coefficient (Wildman–Crippen LogP) is 3.35. The third-order valence-electron chi connectivity index (χ3n) is 4.29. The lowest BCUT2D eigenvalue weighted by molar-refractivity contribution is 0.598. The first-order valence-electron chi connectivity index (χ1n) is 8.42. The third-order valence-corrected chi connectivity index (χ3v) is 5.67. The highest BCUT2D eigenvalue weighted by atomic mass is 32.2. The first-order valence-corrected chi connectivity index (χ1v) is 9.90. The molecule has 0 bridgehead atoms. The Balaban J connectivity index is 1.60. The number of hydrogen-bond donors (Lipinski definition) is 1. The zero-order valence-electron chi connectivity index (χ0n) is 15.1. The number of fused-ring (bicyclic) bond motifs is 1. The summed E-state index contributed by atoms with van der Waals surface area (Å²) in [5.41, 5.74) is 2.84. The number of benzene rings is 2. The van der Waals surface area contributed by atoms with Gasteiger partial charge >= 0.3 is 0 Å². The van der Waals surface area contributed by atoms with Crippen molar-refractivity contribution >= 4 is 21.4 Å². The fraction of sp³-hybridized carbons (Fsp3) is 0.105. The predicted molar refractivity (Wildman–Crippen MR) is 103 cm³/mol. The fourth-order valence-electron chi connectivity index (χ4n) is 2.76. The molecule has 142 valence electrons. The van der Waals surface area contributed by atoms with Crippen LogP contribution in [0.4, 0.5) is 10.1 Å². The molecule has 2 aromatic heterocycles. The van der Waals surface area contributed by atoms with Gasteiger partial charge in [0.05, 0.1) is 10.6 Å². The summed E-state index contributed by atoms with van der Waals surface area (Å²) in [6.45, 7) is 3.33. The smallest absolute Gasteiger partial charge is 0.261 e. The van der Waals surface area contributed by atoms with Gasteiger partial charge in [0, 0.05) is 11.3 Å². The lowest BCUT2D eigenvalue weighted by Gasteiger charge is -2.10. The minimum atomic E-state index is -3.81. The summed E-state index contributed by atoms with van der Waals surface area (Å²) in [6.07, 6.45) is 0. The molecule has 0 fully saturated rings. The average Bonchev–Trinajstić information content (AvgIpc) is 3.04. The number of nitrogens with zero attached hydrogens (tertiary/aromatic N) is 4. The van der Waals surface area contributed by atoms with Crippen LogP contribution in [0, 0.1) is 19.7 Å². The number of sulfonamides is 1. The van der Waals surface area contributed by atoms with E-state index in [2.05, 4.69) is 20.0 Å². The van der Waals surface area contributed by atoms with Crippen LogP contribution in [0.2, 0.25) is 0 Å². The van der Waals surface area contributed by atoms with Crippen LogP contribution in [-0.4, -0.2) is 28.2 Å². The van der Waals surface area contributed by atoms with Gasteiger partial charge in [-0.2, -0.15) is 9.61 Å². The zero-order valence-corrected chi connectivity index (χ0v) is 15.9. The Morgan fingerprint density at radius 2 is 1.71 bits per heavy atom. The third kappa shape index (κ3) is 3.31. The summed E-state index contributed by atoms with van der Waals surface area (Å²) in [5, 5.41) is 12.5. The highest BCUT2D eigenvalue weighted by Crippen LogP contribution is 2.23. The zero-order chi connectivity index (χ0) is 19.9. The molecule has 28 heavy (non-hydrogen) atoms. The topological polar surface area (TPSA) is 89.2 Å². The van der Waals surface area contributed by atoms with Crippen molar-refractivity contribution in [2.45, 2.75) is 18.7 Å². The number of anilines is 1. The second kappa shape index (κ2) is 6.68. The van der Waals surface area contributed by atoms with Crippen molar-refractivity contribution in [3.05, 3.63) is 71.8 Å². The maximum absolute atomic E-state index is 13.4. The van der Waals surface area contributed by atoms with Gasteiger partial charge in [-0.15, -0.1) is 10.2 Å². The van der Waals surface area contributed by atoms with Gasteiger partial charge in [0.2, 0.25) is 0 Å². The average molecular weight is 397 g/mol. The Bertz CT molecular complexity index is 1280. The van der Waals surface area contributed by atoms with Crippen molar-refractivity contribution in [1.82, 2.24) is 19.8 Å². The normalized spacial score (nSPS) is 11.7. The highest BCUT2D eigenvalue weighted by Gasteiger charge is 2.15. The molecule has 0 spiro atoms. The van der Waals surface area contributed by atoms with Crippen LogP contribution in [0.3, 0.4) is 0 Å². The van der Waals surface area contributed by atoms with Gasteiger partial charge in [-0.25, -0.2) is 12.8 Å². The Hall–Kier alpha value is -3.33. The lowest BCUT2D eigenvalue weighted by Crippen LogP contribution is -2.13. The molecule has 2 heterocycles. The van der Waals surface area contributed by atoms with Gasteiger partial charge in [-0.05, 0) is 61.9 Å². The van der Waals surface area contributed by atoms with Crippen LogP contribution < -0.4 is 4.72 Å². The molecule has 0 saturated carbocycles. The second-order valence-electron chi connectivity index (χ2n) is 6.33. The summed E-state index contributed by atoms with van der Waals surface area (Å²) < 4.78 is 42.6. The van der Waals surface area contributed by atoms with Crippen LogP contribution in [0.5, 0.6) is 0 Å². The standard InChI is InChI=1S/C19H16FN5O2S/c1-12-11-16(7-8-17(12)20)28(26,27)24-15-5-3-14(4-6-15)18-9-10-19-22-21-13(2)25(19)23-18/h3-11,24H,1-2H3. The highest BCUT2D eigenvalue weighted by molar-refractivity contribution is 7.92. The van der Waals surface area contributed by atoms with Crippen LogP contribution in [-0.2, 0) is 10.0 Å². The molecule has 0 amide bonds. The van der Waals surface area contributed by atoms with Crippen molar-refractivity contribution in [2.75, 3.05) is 4.72 Å². The Morgan fingerprint density at radius 1 is 0.964 bits per heavy atom. The summed E-state index contributed by atoms with van der Waals surface area (Å²) >= 11 is 0. The fourth-order valence-corrected chi connectivity index (χ4v) is 3.90. The molecule has 0 aliphatic heterocycles. The van der Waals surface area contributed by atoms with E-state index in [1.54, 1.807) is 28.8 Å². The van der Waals surface area contributed by atoms with E-state index in [1.807, 2.05) is 19.1 Å². The van der Waals surface area contributed by atoms with Crippen molar-refractivity contribution < 1.29 is 12.8 Å². The minimum Gasteiger partial charge on any atom is -0.280 e. The maximum Gasteiger partial charge on any atom is 0.261 e. The van der Waals surface area contributed by atoms with Gasteiger partial charge in [-0.1, -0.05) is 12.1 Å². The molecule has 0 radical (unpaired) electrons. The summed E-state index contributed by atoms with van der Waals surface area (Å²) in [6, 6.07) is 14.1. The van der Waals surface area contributed by atoms with Crippen molar-refractivity contribution in [3.63, 3.8) is 0 Å². The second-order valence-corrected chi connectivity index (χ2v) is 8.01. The first kappa shape index (κ1) is 18.1. The van der Waals surface area contributed by atoms with E-state index in [9.17, 15) is 12.8 Å². The summed E-state index contributed by atoms with van der Waals surface area (Å²) in [7, 11) is -3.81. The minimum absolute atomic E-state index is 0.00526. The molecule has 0 atom stereocenters. The van der Waals surface area contributed by atoms with Crippen molar-refractivity contribution in [1.29, 1.82) is 0 Å². The van der Waals surface area contributed by atoms with E-state index in [0.717, 1.165) is 11.6 Å². The van der Waals surface area contributed by atoms with Gasteiger partial charge < -0.3 is 0 Å². The van der Waals surface area contributed by atoms with E-state index in [1.165, 1.54) is 19.1 Å². The van der Waals surface area contributed by atoms with Crippen LogP contribution in [0.15, 0.2) is 59.5 Å². The van der Waals surface area contributed by atoms with Crippen molar-refractivity contribution in [3.8, 4) is 11.3 Å². The Kier molecular flexibility index (Phi) is 4.31. The van der Waals surface area contributed by atoms with Gasteiger partial charge in [-0.3, -0.25) is 4.72 Å². The van der Waals surface area contributed by atoms with Crippen LogP contribution in [0.25, 0.3) is 16.9 Å². The van der Waals surface area contributed by atoms with E-state index >= 15 is 0 Å². The van der Waals surface area contributed by atoms with Gasteiger partial charge in [0.15, 0.2) is 11.5 Å². The van der Waals surface area contributed by atoms with E-state index in [0.29, 0.717) is 22.9 Å². The SMILES string of the molecule is Cc1cc(S(=O)(=O)Nc2ccc(-c3ccc4nnc(C)n4n3)cc2)ccc1F. The number of nitrogens with one attached hydrogen (secondary N) is 1. The molecule has 1 N–H and O–H groups in total. The molecule has 0 aliphatic carbocycles. The largest absolute Gasteiger partial charge is 0.280 e. The molecule has 0 unspecified atom stereocenters. The van der Waals surface area contributed by atoms with Gasteiger partial charge in [0.1, 0.15) is 5.82 Å².